The minimum Gasteiger partial charge on any atom is -0.346 e. The largest absolute Gasteiger partial charge is 0.346 e. The predicted octanol–water partition coefficient (Wildman–Crippen LogP) is 2.52. The van der Waals surface area contributed by atoms with Gasteiger partial charge in [-0.3, -0.25) is 25.0 Å². The van der Waals surface area contributed by atoms with E-state index >= 15 is 0 Å². The van der Waals surface area contributed by atoms with Crippen molar-refractivity contribution in [1.82, 2.24) is 15.3 Å². The summed E-state index contributed by atoms with van der Waals surface area (Å²) in [5.41, 5.74) is 0.152. The maximum absolute atomic E-state index is 12.4. The second-order valence-electron chi connectivity index (χ2n) is 6.78. The number of non-ortho nitro benzene ring substituents is 2. The van der Waals surface area contributed by atoms with Crippen LogP contribution < -0.4 is 10.2 Å². The van der Waals surface area contributed by atoms with Crippen LogP contribution in [0.5, 0.6) is 0 Å². The smallest absolute Gasteiger partial charge is 0.277 e. The van der Waals surface area contributed by atoms with Gasteiger partial charge in [-0.1, -0.05) is 0 Å². The lowest BCUT2D eigenvalue weighted by atomic mass is 10.1. The van der Waals surface area contributed by atoms with Gasteiger partial charge in [-0.15, -0.1) is 0 Å². The van der Waals surface area contributed by atoms with Crippen LogP contribution in [0.25, 0.3) is 0 Å². The molecule has 0 atom stereocenters. The Labute approximate surface area is 166 Å². The second-order valence-corrected chi connectivity index (χ2v) is 6.78. The number of aryl methyl sites for hydroxylation is 1. The van der Waals surface area contributed by atoms with E-state index in [1.54, 1.807) is 6.07 Å². The number of hydrogen-bond acceptors (Lipinski definition) is 8. The van der Waals surface area contributed by atoms with Crippen LogP contribution in [0.3, 0.4) is 0 Å². The number of carbonyl (C=O) groups excluding carboxylic acids is 1. The molecule has 2 aromatic rings. The SMILES string of the molecule is Cc1cc(CNC(=O)c2cc([N+](=O)[O-])cc([N+](=O)[O-])c2)nc(N2CCCCC2)n1. The number of nitrogens with zero attached hydrogens (tertiary/aromatic N) is 5. The van der Waals surface area contributed by atoms with Crippen molar-refractivity contribution in [3.8, 4) is 0 Å². The summed E-state index contributed by atoms with van der Waals surface area (Å²) in [5, 5.41) is 24.6. The van der Waals surface area contributed by atoms with Gasteiger partial charge in [0.15, 0.2) is 0 Å². The number of piperidine rings is 1. The van der Waals surface area contributed by atoms with Crippen LogP contribution >= 0.6 is 0 Å². The molecule has 152 valence electrons. The highest BCUT2D eigenvalue weighted by atomic mass is 16.6. The van der Waals surface area contributed by atoms with Gasteiger partial charge in [-0.25, -0.2) is 9.97 Å². The van der Waals surface area contributed by atoms with Gasteiger partial charge >= 0.3 is 0 Å². The molecule has 0 aliphatic carbocycles. The standard InChI is InChI=1S/C18H20N6O5/c1-12-7-14(21-18(20-12)22-5-3-2-4-6-22)11-19-17(25)13-8-15(23(26)27)10-16(9-13)24(28)29/h7-10H,2-6,11H2,1H3,(H,19,25). The molecule has 1 aliphatic rings. The molecule has 3 rings (SSSR count). The molecule has 0 saturated carbocycles. The van der Waals surface area contributed by atoms with Crippen LogP contribution in [0, 0.1) is 27.2 Å². The molecule has 1 saturated heterocycles. The van der Waals surface area contributed by atoms with E-state index in [1.807, 2.05) is 6.92 Å². The minimum absolute atomic E-state index is 0.0690. The Morgan fingerprint density at radius 3 is 2.24 bits per heavy atom. The maximum atomic E-state index is 12.4. The van der Waals surface area contributed by atoms with Gasteiger partial charge < -0.3 is 10.2 Å². The van der Waals surface area contributed by atoms with Crippen molar-refractivity contribution in [2.45, 2.75) is 32.7 Å². The Balaban J connectivity index is 1.76. The van der Waals surface area contributed by atoms with Gasteiger partial charge in [0, 0.05) is 30.9 Å². The molecule has 1 N–H and O–H groups in total. The van der Waals surface area contributed by atoms with Crippen molar-refractivity contribution in [1.29, 1.82) is 0 Å². The number of rotatable bonds is 6. The van der Waals surface area contributed by atoms with E-state index in [9.17, 15) is 25.0 Å². The summed E-state index contributed by atoms with van der Waals surface area (Å²) in [6.07, 6.45) is 3.34. The molecule has 2 heterocycles. The fraction of sp³-hybridized carbons (Fsp3) is 0.389. The molecular weight excluding hydrogens is 380 g/mol. The number of benzene rings is 1. The summed E-state index contributed by atoms with van der Waals surface area (Å²) in [4.78, 5) is 43.9. The molecule has 1 aromatic carbocycles. The first-order valence-electron chi connectivity index (χ1n) is 9.15. The van der Waals surface area contributed by atoms with Crippen LogP contribution in [0.2, 0.25) is 0 Å². The topological polar surface area (TPSA) is 144 Å². The fourth-order valence-electron chi connectivity index (χ4n) is 3.15. The summed E-state index contributed by atoms with van der Waals surface area (Å²) in [6.45, 7) is 3.67. The van der Waals surface area contributed by atoms with Gasteiger partial charge in [-0.05, 0) is 32.3 Å². The van der Waals surface area contributed by atoms with Crippen molar-refractivity contribution in [3.63, 3.8) is 0 Å². The predicted molar refractivity (Wildman–Crippen MR) is 104 cm³/mol. The van der Waals surface area contributed by atoms with Crippen LogP contribution in [-0.4, -0.2) is 38.8 Å². The van der Waals surface area contributed by atoms with Crippen molar-refractivity contribution >= 4 is 23.2 Å². The average molecular weight is 400 g/mol. The summed E-state index contributed by atoms with van der Waals surface area (Å²) < 4.78 is 0. The zero-order valence-electron chi connectivity index (χ0n) is 15.8. The van der Waals surface area contributed by atoms with E-state index in [1.165, 1.54) is 6.42 Å². The van der Waals surface area contributed by atoms with Crippen molar-refractivity contribution in [2.24, 2.45) is 0 Å². The summed E-state index contributed by atoms with van der Waals surface area (Å²) in [7, 11) is 0. The van der Waals surface area contributed by atoms with E-state index in [0.29, 0.717) is 11.6 Å². The molecule has 29 heavy (non-hydrogen) atoms. The lowest BCUT2D eigenvalue weighted by molar-refractivity contribution is -0.394. The van der Waals surface area contributed by atoms with Gasteiger partial charge in [0.1, 0.15) is 0 Å². The van der Waals surface area contributed by atoms with Gasteiger partial charge in [0.25, 0.3) is 17.3 Å². The lowest BCUT2D eigenvalue weighted by Gasteiger charge is -2.27. The number of hydrogen-bond donors (Lipinski definition) is 1. The molecule has 1 aliphatic heterocycles. The number of nitrogens with one attached hydrogen (secondary N) is 1. The Morgan fingerprint density at radius 2 is 1.66 bits per heavy atom. The van der Waals surface area contributed by atoms with Gasteiger partial charge in [0.05, 0.1) is 33.7 Å². The van der Waals surface area contributed by atoms with E-state index in [-0.39, 0.29) is 12.1 Å². The van der Waals surface area contributed by atoms with E-state index in [0.717, 1.165) is 49.8 Å². The summed E-state index contributed by atoms with van der Waals surface area (Å²) in [6, 6.07) is 4.57. The third-order valence-corrected chi connectivity index (χ3v) is 4.55. The van der Waals surface area contributed by atoms with Crippen LogP contribution in [0.4, 0.5) is 17.3 Å². The highest BCUT2D eigenvalue weighted by molar-refractivity contribution is 5.95. The molecule has 1 amide bonds. The normalized spacial score (nSPS) is 13.8. The van der Waals surface area contributed by atoms with E-state index in [2.05, 4.69) is 20.2 Å². The van der Waals surface area contributed by atoms with Crippen LogP contribution in [-0.2, 0) is 6.54 Å². The number of amides is 1. The zero-order chi connectivity index (χ0) is 21.0. The Hall–Kier alpha value is -3.63. The monoisotopic (exact) mass is 400 g/mol. The molecule has 0 radical (unpaired) electrons. The Morgan fingerprint density at radius 1 is 1.03 bits per heavy atom. The second kappa shape index (κ2) is 8.59. The third-order valence-electron chi connectivity index (χ3n) is 4.55. The average Bonchev–Trinajstić information content (AvgIpc) is 2.71. The number of anilines is 1. The molecule has 11 heteroatoms. The quantitative estimate of drug-likeness (QED) is 0.575. The first-order chi connectivity index (χ1) is 13.8. The molecule has 11 nitrogen and oxygen atoms in total. The molecular formula is C18H20N6O5. The lowest BCUT2D eigenvalue weighted by Crippen LogP contribution is -2.32. The van der Waals surface area contributed by atoms with E-state index in [4.69, 9.17) is 0 Å². The highest BCUT2D eigenvalue weighted by Gasteiger charge is 2.20. The molecule has 0 spiro atoms. The molecule has 1 aromatic heterocycles. The van der Waals surface area contributed by atoms with E-state index < -0.39 is 27.1 Å². The van der Waals surface area contributed by atoms with Crippen molar-refractivity contribution in [3.05, 3.63) is 61.4 Å². The first-order valence-corrected chi connectivity index (χ1v) is 9.15. The van der Waals surface area contributed by atoms with Crippen LogP contribution in [0.15, 0.2) is 24.3 Å². The molecule has 0 unspecified atom stereocenters. The van der Waals surface area contributed by atoms with Crippen molar-refractivity contribution < 1.29 is 14.6 Å². The number of nitro benzene ring substituents is 2. The third kappa shape index (κ3) is 5.00. The van der Waals surface area contributed by atoms with Crippen LogP contribution in [0.1, 0.15) is 41.0 Å². The number of nitro groups is 2. The maximum Gasteiger partial charge on any atom is 0.277 e. The number of carbonyl (C=O) groups is 1. The van der Waals surface area contributed by atoms with Gasteiger partial charge in [-0.2, -0.15) is 0 Å². The molecule has 0 bridgehead atoms. The van der Waals surface area contributed by atoms with Crippen molar-refractivity contribution in [2.75, 3.05) is 18.0 Å². The highest BCUT2D eigenvalue weighted by Crippen LogP contribution is 2.23. The summed E-state index contributed by atoms with van der Waals surface area (Å²) in [5.74, 6) is -0.0486. The summed E-state index contributed by atoms with van der Waals surface area (Å²) >= 11 is 0. The number of aromatic nitrogens is 2. The minimum atomic E-state index is -0.775. The Kier molecular flexibility index (Phi) is 5.96. The van der Waals surface area contributed by atoms with Gasteiger partial charge in [0.2, 0.25) is 5.95 Å². The molecule has 1 fully saturated rings. The Bertz CT molecular complexity index is 926. The zero-order valence-corrected chi connectivity index (χ0v) is 15.8. The first kappa shape index (κ1) is 20.1. The fourth-order valence-corrected chi connectivity index (χ4v) is 3.15.